The molecule has 1 unspecified atom stereocenters. The van der Waals surface area contributed by atoms with Gasteiger partial charge in [-0.25, -0.2) is 0 Å². The molecule has 0 spiro atoms. The van der Waals surface area contributed by atoms with Crippen LogP contribution in [0.2, 0.25) is 0 Å². The molecule has 0 amide bonds. The van der Waals surface area contributed by atoms with Crippen LogP contribution in [-0.4, -0.2) is 36.3 Å². The zero-order valence-corrected chi connectivity index (χ0v) is 11.1. The van der Waals surface area contributed by atoms with Crippen LogP contribution in [0.15, 0.2) is 24.3 Å². The average molecular weight is 266 g/mol. The van der Waals surface area contributed by atoms with E-state index in [0.29, 0.717) is 12.4 Å². The van der Waals surface area contributed by atoms with Crippen molar-refractivity contribution in [3.63, 3.8) is 0 Å². The van der Waals surface area contributed by atoms with Crippen LogP contribution in [0, 0.1) is 10.1 Å². The summed E-state index contributed by atoms with van der Waals surface area (Å²) in [6.45, 7) is 5.93. The lowest BCUT2D eigenvalue weighted by atomic mass is 10.1. The van der Waals surface area contributed by atoms with Gasteiger partial charge in [-0.3, -0.25) is 10.1 Å². The molecule has 104 valence electrons. The van der Waals surface area contributed by atoms with Gasteiger partial charge in [0, 0.05) is 19.2 Å². The molecule has 0 aliphatic carbocycles. The Bertz CT molecular complexity index is 462. The average Bonchev–Trinajstić information content (AvgIpc) is 2.35. The highest BCUT2D eigenvalue weighted by molar-refractivity contribution is 5.37. The van der Waals surface area contributed by atoms with Gasteiger partial charge in [-0.2, -0.15) is 0 Å². The van der Waals surface area contributed by atoms with E-state index in [1.54, 1.807) is 12.1 Å². The minimum absolute atomic E-state index is 0.0283. The number of nitro benzene ring substituents is 1. The Hall–Kier alpha value is -1.66. The summed E-state index contributed by atoms with van der Waals surface area (Å²) >= 11 is 0. The van der Waals surface area contributed by atoms with E-state index in [-0.39, 0.29) is 17.4 Å². The molecule has 1 fully saturated rings. The molecule has 0 aromatic heterocycles. The van der Waals surface area contributed by atoms with Gasteiger partial charge in [0.25, 0.3) is 5.69 Å². The van der Waals surface area contributed by atoms with Crippen molar-refractivity contribution >= 4 is 5.69 Å². The molecule has 1 saturated heterocycles. The van der Waals surface area contributed by atoms with Crippen molar-refractivity contribution in [2.45, 2.75) is 25.6 Å². The molecule has 1 aromatic carbocycles. The molecule has 0 radical (unpaired) electrons. The zero-order valence-electron chi connectivity index (χ0n) is 11.1. The molecule has 6 heteroatoms. The Kier molecular flexibility index (Phi) is 4.01. The van der Waals surface area contributed by atoms with E-state index >= 15 is 0 Å². The largest absolute Gasteiger partial charge is 0.491 e. The number of hydrogen-bond donors (Lipinski definition) is 1. The first kappa shape index (κ1) is 13.8. The van der Waals surface area contributed by atoms with Gasteiger partial charge in [-0.05, 0) is 19.9 Å². The fourth-order valence-electron chi connectivity index (χ4n) is 2.04. The van der Waals surface area contributed by atoms with Gasteiger partial charge >= 0.3 is 0 Å². The minimum atomic E-state index is -0.436. The molecule has 2 rings (SSSR count). The molecule has 1 aromatic rings. The van der Waals surface area contributed by atoms with Crippen molar-refractivity contribution in [3.8, 4) is 5.75 Å². The van der Waals surface area contributed by atoms with E-state index in [9.17, 15) is 10.1 Å². The lowest BCUT2D eigenvalue weighted by Crippen LogP contribution is -2.52. The molecule has 1 aliphatic rings. The quantitative estimate of drug-likeness (QED) is 0.663. The molecule has 0 bridgehead atoms. The molecule has 1 N–H and O–H groups in total. The van der Waals surface area contributed by atoms with Gasteiger partial charge in [0.1, 0.15) is 18.5 Å². The van der Waals surface area contributed by atoms with E-state index in [4.69, 9.17) is 9.47 Å². The van der Waals surface area contributed by atoms with Crippen LogP contribution in [0.25, 0.3) is 0 Å². The Morgan fingerprint density at radius 1 is 1.58 bits per heavy atom. The predicted octanol–water partition coefficient (Wildman–Crippen LogP) is 1.74. The number of nitro groups is 1. The standard InChI is InChI=1S/C13H18N2O4/c1-13(2)9-14-7-12(19-13)8-18-11-5-3-4-10(6-11)15(16)17/h3-6,12,14H,7-9H2,1-2H3. The van der Waals surface area contributed by atoms with E-state index < -0.39 is 4.92 Å². The fourth-order valence-corrected chi connectivity index (χ4v) is 2.04. The maximum Gasteiger partial charge on any atom is 0.273 e. The molecule has 6 nitrogen and oxygen atoms in total. The second-order valence-corrected chi connectivity index (χ2v) is 5.20. The lowest BCUT2D eigenvalue weighted by Gasteiger charge is -2.36. The molecular weight excluding hydrogens is 248 g/mol. The van der Waals surface area contributed by atoms with Gasteiger partial charge < -0.3 is 14.8 Å². The second-order valence-electron chi connectivity index (χ2n) is 5.20. The van der Waals surface area contributed by atoms with Gasteiger partial charge in [-0.1, -0.05) is 6.07 Å². The summed E-state index contributed by atoms with van der Waals surface area (Å²) in [6.07, 6.45) is -0.0528. The van der Waals surface area contributed by atoms with Crippen molar-refractivity contribution in [1.29, 1.82) is 0 Å². The summed E-state index contributed by atoms with van der Waals surface area (Å²) in [4.78, 5) is 10.2. The number of nitrogens with zero attached hydrogens (tertiary/aromatic N) is 1. The molecule has 1 atom stereocenters. The SMILES string of the molecule is CC1(C)CNCC(COc2cccc([N+](=O)[O-])c2)O1. The van der Waals surface area contributed by atoms with E-state index in [1.165, 1.54) is 12.1 Å². The van der Waals surface area contributed by atoms with E-state index in [1.807, 2.05) is 13.8 Å². The number of nitrogens with one attached hydrogen (secondary N) is 1. The summed E-state index contributed by atoms with van der Waals surface area (Å²) in [5, 5.41) is 13.9. The molecule has 19 heavy (non-hydrogen) atoms. The highest BCUT2D eigenvalue weighted by Crippen LogP contribution is 2.20. The summed E-state index contributed by atoms with van der Waals surface area (Å²) in [5.41, 5.74) is -0.185. The van der Waals surface area contributed by atoms with Crippen LogP contribution in [0.1, 0.15) is 13.8 Å². The van der Waals surface area contributed by atoms with Gasteiger partial charge in [0.2, 0.25) is 0 Å². The Balaban J connectivity index is 1.91. The monoisotopic (exact) mass is 266 g/mol. The van der Waals surface area contributed by atoms with Crippen LogP contribution in [0.5, 0.6) is 5.75 Å². The Morgan fingerprint density at radius 2 is 2.37 bits per heavy atom. The third-order valence-corrected chi connectivity index (χ3v) is 2.87. The fraction of sp³-hybridized carbons (Fsp3) is 0.538. The second kappa shape index (κ2) is 5.54. The van der Waals surface area contributed by atoms with Crippen molar-refractivity contribution in [3.05, 3.63) is 34.4 Å². The molecule has 1 aliphatic heterocycles. The summed E-state index contributed by atoms with van der Waals surface area (Å²) in [7, 11) is 0. The summed E-state index contributed by atoms with van der Waals surface area (Å²) < 4.78 is 11.4. The normalized spacial score (nSPS) is 21.9. The Morgan fingerprint density at radius 3 is 3.05 bits per heavy atom. The van der Waals surface area contributed by atoms with Crippen molar-refractivity contribution < 1.29 is 14.4 Å². The van der Waals surface area contributed by atoms with Crippen molar-refractivity contribution in [1.82, 2.24) is 5.32 Å². The van der Waals surface area contributed by atoms with Gasteiger partial charge in [0.05, 0.1) is 16.6 Å². The number of morpholine rings is 1. The smallest absolute Gasteiger partial charge is 0.273 e. The highest BCUT2D eigenvalue weighted by Gasteiger charge is 2.28. The first-order chi connectivity index (χ1) is 8.96. The van der Waals surface area contributed by atoms with Gasteiger partial charge in [-0.15, -0.1) is 0 Å². The van der Waals surface area contributed by atoms with Crippen molar-refractivity contribution in [2.75, 3.05) is 19.7 Å². The summed E-state index contributed by atoms with van der Waals surface area (Å²) in [5.74, 6) is 0.487. The topological polar surface area (TPSA) is 73.6 Å². The maximum absolute atomic E-state index is 10.7. The van der Waals surface area contributed by atoms with Crippen LogP contribution in [0.4, 0.5) is 5.69 Å². The van der Waals surface area contributed by atoms with Crippen LogP contribution in [-0.2, 0) is 4.74 Å². The first-order valence-corrected chi connectivity index (χ1v) is 6.22. The maximum atomic E-state index is 10.7. The third kappa shape index (κ3) is 3.90. The molecular formula is C13H18N2O4. The van der Waals surface area contributed by atoms with Crippen LogP contribution in [0.3, 0.4) is 0 Å². The van der Waals surface area contributed by atoms with E-state index in [2.05, 4.69) is 5.32 Å². The van der Waals surface area contributed by atoms with Crippen LogP contribution >= 0.6 is 0 Å². The lowest BCUT2D eigenvalue weighted by molar-refractivity contribution is -0.384. The number of ether oxygens (including phenoxy) is 2. The highest BCUT2D eigenvalue weighted by atomic mass is 16.6. The minimum Gasteiger partial charge on any atom is -0.491 e. The van der Waals surface area contributed by atoms with Crippen LogP contribution < -0.4 is 10.1 Å². The molecule has 0 saturated carbocycles. The number of benzene rings is 1. The first-order valence-electron chi connectivity index (χ1n) is 6.22. The number of rotatable bonds is 4. The van der Waals surface area contributed by atoms with Gasteiger partial charge in [0.15, 0.2) is 0 Å². The Labute approximate surface area is 111 Å². The zero-order chi connectivity index (χ0) is 13.9. The summed E-state index contributed by atoms with van der Waals surface area (Å²) in [6, 6.07) is 6.17. The predicted molar refractivity (Wildman–Crippen MR) is 70.4 cm³/mol. The number of non-ortho nitro benzene ring substituents is 1. The number of hydrogen-bond acceptors (Lipinski definition) is 5. The third-order valence-electron chi connectivity index (χ3n) is 2.87. The molecule has 1 heterocycles. The van der Waals surface area contributed by atoms with E-state index in [0.717, 1.165) is 13.1 Å². The van der Waals surface area contributed by atoms with Crippen molar-refractivity contribution in [2.24, 2.45) is 0 Å².